The SMILES string of the molecule is COC(=O)c1ccc(C)c(C(C)Nc2cncc(Cl)n2)c1. The second-order valence-corrected chi connectivity index (χ2v) is 5.04. The van der Waals surface area contributed by atoms with E-state index in [2.05, 4.69) is 15.3 Å². The molecule has 21 heavy (non-hydrogen) atoms. The van der Waals surface area contributed by atoms with Crippen LogP contribution in [0.25, 0.3) is 0 Å². The van der Waals surface area contributed by atoms with Crippen LogP contribution >= 0.6 is 11.6 Å². The van der Waals surface area contributed by atoms with Crippen LogP contribution in [0.1, 0.15) is 34.5 Å². The van der Waals surface area contributed by atoms with E-state index in [1.54, 1.807) is 12.3 Å². The third-order valence-electron chi connectivity index (χ3n) is 3.14. The van der Waals surface area contributed by atoms with Gasteiger partial charge in [0.05, 0.1) is 31.1 Å². The highest BCUT2D eigenvalue weighted by Crippen LogP contribution is 2.23. The Morgan fingerprint density at radius 3 is 2.81 bits per heavy atom. The number of nitrogens with zero attached hydrogens (tertiary/aromatic N) is 2. The van der Waals surface area contributed by atoms with Crippen LogP contribution in [0.15, 0.2) is 30.6 Å². The summed E-state index contributed by atoms with van der Waals surface area (Å²) in [5, 5.41) is 3.54. The van der Waals surface area contributed by atoms with Crippen LogP contribution in [0.3, 0.4) is 0 Å². The predicted molar refractivity (Wildman–Crippen MR) is 81.6 cm³/mol. The summed E-state index contributed by atoms with van der Waals surface area (Å²) in [5.74, 6) is 0.226. The van der Waals surface area contributed by atoms with Crippen LogP contribution in [-0.4, -0.2) is 23.0 Å². The first-order valence-electron chi connectivity index (χ1n) is 6.44. The van der Waals surface area contributed by atoms with Crippen molar-refractivity contribution in [1.82, 2.24) is 9.97 Å². The second-order valence-electron chi connectivity index (χ2n) is 4.66. The molecule has 0 radical (unpaired) electrons. The zero-order chi connectivity index (χ0) is 15.4. The number of benzene rings is 1. The average Bonchev–Trinajstić information content (AvgIpc) is 2.46. The average molecular weight is 306 g/mol. The largest absolute Gasteiger partial charge is 0.465 e. The highest BCUT2D eigenvalue weighted by Gasteiger charge is 2.13. The Morgan fingerprint density at radius 2 is 2.14 bits per heavy atom. The van der Waals surface area contributed by atoms with Gasteiger partial charge in [-0.3, -0.25) is 4.98 Å². The summed E-state index contributed by atoms with van der Waals surface area (Å²) in [5.41, 5.74) is 2.57. The van der Waals surface area contributed by atoms with E-state index in [1.165, 1.54) is 13.3 Å². The molecule has 1 N–H and O–H groups in total. The normalized spacial score (nSPS) is 11.8. The van der Waals surface area contributed by atoms with Crippen molar-refractivity contribution in [3.8, 4) is 0 Å². The maximum atomic E-state index is 11.6. The van der Waals surface area contributed by atoms with Crippen LogP contribution in [0.4, 0.5) is 5.82 Å². The van der Waals surface area contributed by atoms with Crippen LogP contribution in [0.2, 0.25) is 5.15 Å². The summed E-state index contributed by atoms with van der Waals surface area (Å²) in [7, 11) is 1.37. The van der Waals surface area contributed by atoms with Crippen LogP contribution in [0.5, 0.6) is 0 Å². The molecule has 0 spiro atoms. The Balaban J connectivity index is 2.26. The van der Waals surface area contributed by atoms with E-state index in [4.69, 9.17) is 16.3 Å². The lowest BCUT2D eigenvalue weighted by atomic mass is 9.99. The molecule has 1 aromatic heterocycles. The van der Waals surface area contributed by atoms with Crippen LogP contribution in [0, 0.1) is 6.92 Å². The molecule has 0 saturated carbocycles. The van der Waals surface area contributed by atoms with E-state index >= 15 is 0 Å². The number of hydrogen-bond acceptors (Lipinski definition) is 5. The first-order valence-corrected chi connectivity index (χ1v) is 6.82. The second kappa shape index (κ2) is 6.54. The number of aromatic nitrogens is 2. The van der Waals surface area contributed by atoms with Crippen molar-refractivity contribution in [3.05, 3.63) is 52.4 Å². The minimum atomic E-state index is -0.356. The molecule has 0 aliphatic rings. The zero-order valence-corrected chi connectivity index (χ0v) is 12.8. The summed E-state index contributed by atoms with van der Waals surface area (Å²) in [6.07, 6.45) is 3.07. The van der Waals surface area contributed by atoms with Gasteiger partial charge in [-0.1, -0.05) is 17.7 Å². The van der Waals surface area contributed by atoms with Crippen molar-refractivity contribution < 1.29 is 9.53 Å². The van der Waals surface area contributed by atoms with Gasteiger partial charge in [0.25, 0.3) is 0 Å². The minimum absolute atomic E-state index is 0.0534. The molecular formula is C15H16ClN3O2. The molecule has 0 amide bonds. The zero-order valence-electron chi connectivity index (χ0n) is 12.1. The topological polar surface area (TPSA) is 64.1 Å². The molecule has 1 unspecified atom stereocenters. The molecule has 2 aromatic rings. The van der Waals surface area contributed by atoms with Gasteiger partial charge in [-0.05, 0) is 37.1 Å². The van der Waals surface area contributed by atoms with Crippen molar-refractivity contribution in [2.45, 2.75) is 19.9 Å². The molecule has 1 atom stereocenters. The van der Waals surface area contributed by atoms with Crippen LogP contribution < -0.4 is 5.32 Å². The summed E-state index contributed by atoms with van der Waals surface area (Å²) >= 11 is 5.82. The molecule has 0 saturated heterocycles. The maximum Gasteiger partial charge on any atom is 0.337 e. The lowest BCUT2D eigenvalue weighted by Gasteiger charge is -2.17. The summed E-state index contributed by atoms with van der Waals surface area (Å²) in [6.45, 7) is 3.96. The number of carbonyl (C=O) groups is 1. The number of carbonyl (C=O) groups excluding carboxylic acids is 1. The van der Waals surface area contributed by atoms with Gasteiger partial charge in [0.2, 0.25) is 0 Å². The van der Waals surface area contributed by atoms with E-state index < -0.39 is 0 Å². The lowest BCUT2D eigenvalue weighted by Crippen LogP contribution is -2.11. The van der Waals surface area contributed by atoms with Gasteiger partial charge in [-0.25, -0.2) is 9.78 Å². The van der Waals surface area contributed by atoms with Gasteiger partial charge in [-0.2, -0.15) is 0 Å². The van der Waals surface area contributed by atoms with Gasteiger partial charge in [0.1, 0.15) is 11.0 Å². The van der Waals surface area contributed by atoms with E-state index in [0.717, 1.165) is 11.1 Å². The first-order chi connectivity index (χ1) is 10.0. The monoisotopic (exact) mass is 305 g/mol. The summed E-state index contributed by atoms with van der Waals surface area (Å²) < 4.78 is 4.75. The molecule has 1 aromatic carbocycles. The van der Waals surface area contributed by atoms with Gasteiger partial charge in [0, 0.05) is 0 Å². The molecule has 0 aliphatic heterocycles. The van der Waals surface area contributed by atoms with Gasteiger partial charge < -0.3 is 10.1 Å². The Kier molecular flexibility index (Phi) is 4.75. The third-order valence-corrected chi connectivity index (χ3v) is 3.32. The Morgan fingerprint density at radius 1 is 1.38 bits per heavy atom. The number of hydrogen-bond donors (Lipinski definition) is 1. The fourth-order valence-electron chi connectivity index (χ4n) is 2.06. The van der Waals surface area contributed by atoms with Gasteiger partial charge in [-0.15, -0.1) is 0 Å². The van der Waals surface area contributed by atoms with Crippen molar-refractivity contribution >= 4 is 23.4 Å². The molecule has 0 aliphatic carbocycles. The molecule has 5 nitrogen and oxygen atoms in total. The maximum absolute atomic E-state index is 11.6. The number of methoxy groups -OCH3 is 1. The van der Waals surface area contributed by atoms with Crippen molar-refractivity contribution in [2.24, 2.45) is 0 Å². The van der Waals surface area contributed by atoms with Gasteiger partial charge in [0.15, 0.2) is 0 Å². The number of nitrogens with one attached hydrogen (secondary N) is 1. The third kappa shape index (κ3) is 3.70. The predicted octanol–water partition coefficient (Wildman–Crippen LogP) is 3.40. The van der Waals surface area contributed by atoms with Crippen molar-refractivity contribution in [3.63, 3.8) is 0 Å². The fraction of sp³-hybridized carbons (Fsp3) is 0.267. The van der Waals surface area contributed by atoms with E-state index in [9.17, 15) is 4.79 Å². The highest BCUT2D eigenvalue weighted by atomic mass is 35.5. The minimum Gasteiger partial charge on any atom is -0.465 e. The van der Waals surface area contributed by atoms with Crippen LogP contribution in [-0.2, 0) is 4.74 Å². The molecule has 0 bridgehead atoms. The Bertz CT molecular complexity index is 661. The molecule has 1 heterocycles. The Labute approximate surface area is 128 Å². The molecule has 0 fully saturated rings. The fourth-order valence-corrected chi connectivity index (χ4v) is 2.21. The number of esters is 1. The quantitative estimate of drug-likeness (QED) is 0.877. The molecule has 2 rings (SSSR count). The number of halogens is 1. The number of ether oxygens (including phenoxy) is 1. The van der Waals surface area contributed by atoms with E-state index in [1.807, 2.05) is 26.0 Å². The highest BCUT2D eigenvalue weighted by molar-refractivity contribution is 6.29. The smallest absolute Gasteiger partial charge is 0.337 e. The summed E-state index contributed by atoms with van der Waals surface area (Å²) in [4.78, 5) is 19.7. The lowest BCUT2D eigenvalue weighted by molar-refractivity contribution is 0.0600. The number of aryl methyl sites for hydroxylation is 1. The first kappa shape index (κ1) is 15.3. The molecule has 6 heteroatoms. The Hall–Kier alpha value is -2.14. The molecule has 110 valence electrons. The van der Waals surface area contributed by atoms with E-state index in [-0.39, 0.29) is 12.0 Å². The molecular weight excluding hydrogens is 290 g/mol. The standard InChI is InChI=1S/C15H16ClN3O2/c1-9-4-5-11(15(20)21-3)6-12(9)10(2)18-14-8-17-7-13(16)19-14/h4-8,10H,1-3H3,(H,18,19). The van der Waals surface area contributed by atoms with Crippen molar-refractivity contribution in [2.75, 3.05) is 12.4 Å². The van der Waals surface area contributed by atoms with E-state index in [0.29, 0.717) is 16.5 Å². The van der Waals surface area contributed by atoms with Gasteiger partial charge >= 0.3 is 5.97 Å². The van der Waals surface area contributed by atoms with Crippen molar-refractivity contribution in [1.29, 1.82) is 0 Å². The number of rotatable bonds is 4. The summed E-state index contributed by atoms with van der Waals surface area (Å²) in [6, 6.07) is 5.40. The number of anilines is 1.